The normalized spacial score (nSPS) is 29.0. The highest BCUT2D eigenvalue weighted by Gasteiger charge is 2.25. The van der Waals surface area contributed by atoms with Gasteiger partial charge in [0, 0.05) is 12.1 Å². The van der Waals surface area contributed by atoms with Crippen LogP contribution in [0.5, 0.6) is 0 Å². The summed E-state index contributed by atoms with van der Waals surface area (Å²) in [5.41, 5.74) is 0. The maximum Gasteiger partial charge on any atom is 0.246 e. The summed E-state index contributed by atoms with van der Waals surface area (Å²) in [4.78, 5) is 11.5. The molecule has 2 aliphatic rings. The van der Waals surface area contributed by atoms with Gasteiger partial charge >= 0.3 is 0 Å². The summed E-state index contributed by atoms with van der Waals surface area (Å²) in [7, 11) is 0. The van der Waals surface area contributed by atoms with Crippen LogP contribution in [-0.4, -0.2) is 37.2 Å². The van der Waals surface area contributed by atoms with Crippen LogP contribution in [0.3, 0.4) is 0 Å². The summed E-state index contributed by atoms with van der Waals surface area (Å²) in [6.07, 6.45) is 7.06. The average Bonchev–Trinajstić information content (AvgIpc) is 3.12. The molecular weight excluding hydrogens is 216 g/mol. The molecule has 0 atom stereocenters. The molecule has 0 heterocycles. The Kier molecular flexibility index (Phi) is 4.80. The molecule has 1 amide bonds. The van der Waals surface area contributed by atoms with Crippen LogP contribution in [0.15, 0.2) is 0 Å². The third kappa shape index (κ3) is 4.64. The van der Waals surface area contributed by atoms with Gasteiger partial charge in [0.25, 0.3) is 0 Å². The van der Waals surface area contributed by atoms with E-state index in [4.69, 9.17) is 4.74 Å². The van der Waals surface area contributed by atoms with Crippen molar-refractivity contribution in [2.45, 2.75) is 63.6 Å². The Morgan fingerprint density at radius 2 is 1.76 bits per heavy atom. The van der Waals surface area contributed by atoms with E-state index in [0.717, 1.165) is 32.2 Å². The predicted octanol–water partition coefficient (Wildman–Crippen LogP) is 1.20. The number of hydrogen-bond donors (Lipinski definition) is 2. The zero-order valence-electron chi connectivity index (χ0n) is 10.7. The van der Waals surface area contributed by atoms with Crippen LogP contribution >= 0.6 is 0 Å². The maximum atomic E-state index is 11.5. The van der Waals surface area contributed by atoms with E-state index >= 15 is 0 Å². The molecule has 2 N–H and O–H groups in total. The van der Waals surface area contributed by atoms with Crippen molar-refractivity contribution in [3.63, 3.8) is 0 Å². The summed E-state index contributed by atoms with van der Waals surface area (Å²) >= 11 is 0. The molecule has 98 valence electrons. The first-order valence-electron chi connectivity index (χ1n) is 6.92. The lowest BCUT2D eigenvalue weighted by molar-refractivity contribution is -0.128. The molecule has 0 bridgehead atoms. The minimum Gasteiger partial charge on any atom is -0.368 e. The fourth-order valence-electron chi connectivity index (χ4n) is 2.41. The van der Waals surface area contributed by atoms with Crippen LogP contribution in [-0.2, 0) is 9.53 Å². The number of nitrogens with one attached hydrogen (secondary N) is 2. The molecular formula is C13H24N2O2. The van der Waals surface area contributed by atoms with Gasteiger partial charge in [0.15, 0.2) is 0 Å². The van der Waals surface area contributed by atoms with Crippen LogP contribution in [0.4, 0.5) is 0 Å². The second kappa shape index (κ2) is 6.36. The molecule has 0 aromatic rings. The van der Waals surface area contributed by atoms with Gasteiger partial charge < -0.3 is 15.4 Å². The Morgan fingerprint density at radius 3 is 2.35 bits per heavy atom. The highest BCUT2D eigenvalue weighted by Crippen LogP contribution is 2.21. The highest BCUT2D eigenvalue weighted by molar-refractivity contribution is 5.77. The first-order valence-corrected chi connectivity index (χ1v) is 6.92. The topological polar surface area (TPSA) is 50.4 Å². The number of carbonyl (C=O) groups is 1. The van der Waals surface area contributed by atoms with Gasteiger partial charge in [0.1, 0.15) is 6.61 Å². The molecule has 0 radical (unpaired) electrons. The molecule has 0 unspecified atom stereocenters. The van der Waals surface area contributed by atoms with Crippen molar-refractivity contribution in [1.29, 1.82) is 0 Å². The van der Waals surface area contributed by atoms with Crippen molar-refractivity contribution in [2.24, 2.45) is 0 Å². The standard InChI is InChI=1S/C13H24N2O2/c1-2-14-10-5-7-12(8-6-10)17-9-13(16)15-11-3-4-11/h10-12,14H,2-9H2,1H3,(H,15,16). The molecule has 2 fully saturated rings. The average molecular weight is 240 g/mol. The molecule has 4 nitrogen and oxygen atoms in total. The quantitative estimate of drug-likeness (QED) is 0.733. The molecule has 17 heavy (non-hydrogen) atoms. The van der Waals surface area contributed by atoms with E-state index in [1.807, 2.05) is 0 Å². The molecule has 0 saturated heterocycles. The van der Waals surface area contributed by atoms with E-state index in [9.17, 15) is 4.79 Å². The van der Waals surface area contributed by atoms with E-state index in [2.05, 4.69) is 17.6 Å². The first kappa shape index (κ1) is 12.8. The first-order chi connectivity index (χ1) is 8.28. The van der Waals surface area contributed by atoms with E-state index in [1.54, 1.807) is 0 Å². The maximum absolute atomic E-state index is 11.5. The van der Waals surface area contributed by atoms with Gasteiger partial charge in [-0.3, -0.25) is 4.79 Å². The smallest absolute Gasteiger partial charge is 0.246 e. The monoisotopic (exact) mass is 240 g/mol. The van der Waals surface area contributed by atoms with Crippen molar-refractivity contribution in [3.8, 4) is 0 Å². The molecule has 0 aromatic carbocycles. The van der Waals surface area contributed by atoms with Crippen LogP contribution < -0.4 is 10.6 Å². The van der Waals surface area contributed by atoms with Crippen molar-refractivity contribution in [3.05, 3.63) is 0 Å². The molecule has 4 heteroatoms. The number of hydrogen-bond acceptors (Lipinski definition) is 3. The lowest BCUT2D eigenvalue weighted by Gasteiger charge is -2.28. The number of carbonyl (C=O) groups excluding carboxylic acids is 1. The summed E-state index contributed by atoms with van der Waals surface area (Å²) in [5.74, 6) is 0.0568. The highest BCUT2D eigenvalue weighted by atomic mass is 16.5. The Morgan fingerprint density at radius 1 is 1.12 bits per heavy atom. The van der Waals surface area contributed by atoms with Crippen molar-refractivity contribution < 1.29 is 9.53 Å². The van der Waals surface area contributed by atoms with Crippen LogP contribution in [0, 0.1) is 0 Å². The largest absolute Gasteiger partial charge is 0.368 e. The SMILES string of the molecule is CCNC1CCC(OCC(=O)NC2CC2)CC1. The van der Waals surface area contributed by atoms with Crippen LogP contribution in [0.1, 0.15) is 45.4 Å². The van der Waals surface area contributed by atoms with Gasteiger partial charge in [-0.2, -0.15) is 0 Å². The summed E-state index contributed by atoms with van der Waals surface area (Å²) in [6.45, 7) is 3.43. The minimum atomic E-state index is 0.0568. The predicted molar refractivity (Wildman–Crippen MR) is 66.8 cm³/mol. The van der Waals surface area contributed by atoms with Gasteiger partial charge in [-0.1, -0.05) is 6.92 Å². The van der Waals surface area contributed by atoms with Gasteiger partial charge in [-0.25, -0.2) is 0 Å². The molecule has 2 saturated carbocycles. The van der Waals surface area contributed by atoms with E-state index in [0.29, 0.717) is 12.1 Å². The zero-order valence-corrected chi connectivity index (χ0v) is 10.7. The fraction of sp³-hybridized carbons (Fsp3) is 0.923. The van der Waals surface area contributed by atoms with E-state index in [1.165, 1.54) is 12.8 Å². The second-order valence-electron chi connectivity index (χ2n) is 5.18. The molecule has 2 aliphatic carbocycles. The Hall–Kier alpha value is -0.610. The molecule has 0 spiro atoms. The zero-order chi connectivity index (χ0) is 12.1. The van der Waals surface area contributed by atoms with Gasteiger partial charge in [-0.15, -0.1) is 0 Å². The van der Waals surface area contributed by atoms with Crippen molar-refractivity contribution >= 4 is 5.91 Å². The summed E-state index contributed by atoms with van der Waals surface area (Å²) in [6, 6.07) is 1.09. The van der Waals surface area contributed by atoms with Crippen LogP contribution in [0.2, 0.25) is 0 Å². The fourth-order valence-corrected chi connectivity index (χ4v) is 2.41. The third-order valence-electron chi connectivity index (χ3n) is 3.56. The van der Waals surface area contributed by atoms with Crippen molar-refractivity contribution in [1.82, 2.24) is 10.6 Å². The minimum absolute atomic E-state index is 0.0568. The lowest BCUT2D eigenvalue weighted by atomic mass is 9.93. The van der Waals surface area contributed by atoms with Gasteiger partial charge in [-0.05, 0) is 45.1 Å². The van der Waals surface area contributed by atoms with Gasteiger partial charge in [0.2, 0.25) is 5.91 Å². The van der Waals surface area contributed by atoms with E-state index in [-0.39, 0.29) is 18.6 Å². The lowest BCUT2D eigenvalue weighted by Crippen LogP contribution is -2.37. The second-order valence-corrected chi connectivity index (χ2v) is 5.18. The summed E-state index contributed by atoms with van der Waals surface area (Å²) in [5, 5.41) is 6.42. The number of ether oxygens (including phenoxy) is 1. The number of rotatable bonds is 6. The van der Waals surface area contributed by atoms with E-state index < -0.39 is 0 Å². The Bertz CT molecular complexity index is 246. The van der Waals surface area contributed by atoms with Crippen LogP contribution in [0.25, 0.3) is 0 Å². The van der Waals surface area contributed by atoms with Crippen molar-refractivity contribution in [2.75, 3.05) is 13.2 Å². The summed E-state index contributed by atoms with van der Waals surface area (Å²) < 4.78 is 5.66. The molecule has 0 aliphatic heterocycles. The van der Waals surface area contributed by atoms with Gasteiger partial charge in [0.05, 0.1) is 6.10 Å². The number of amides is 1. The Balaban J connectivity index is 1.55. The molecule has 0 aromatic heterocycles. The Labute approximate surface area is 103 Å². The molecule has 2 rings (SSSR count). The third-order valence-corrected chi connectivity index (χ3v) is 3.56.